The van der Waals surface area contributed by atoms with Crippen molar-refractivity contribution in [2.45, 2.75) is 58.4 Å². The van der Waals surface area contributed by atoms with E-state index < -0.39 is 0 Å². The lowest BCUT2D eigenvalue weighted by Crippen LogP contribution is -2.52. The van der Waals surface area contributed by atoms with Crippen LogP contribution in [-0.2, 0) is 5.41 Å². The fourth-order valence-electron chi connectivity index (χ4n) is 3.17. The van der Waals surface area contributed by atoms with Crippen molar-refractivity contribution in [2.75, 3.05) is 6.54 Å². The summed E-state index contributed by atoms with van der Waals surface area (Å²) in [5.41, 5.74) is 3.48. The molecule has 0 aromatic heterocycles. The summed E-state index contributed by atoms with van der Waals surface area (Å²) in [6.45, 7) is 12.4. The zero-order valence-electron chi connectivity index (χ0n) is 12.5. The second kappa shape index (κ2) is 4.70. The molecule has 0 amide bonds. The molecule has 0 aliphatic heterocycles. The summed E-state index contributed by atoms with van der Waals surface area (Å²) >= 11 is 0. The molecule has 1 heteroatoms. The molecule has 1 aromatic rings. The Labute approximate surface area is 112 Å². The molecule has 0 radical (unpaired) electrons. The molecule has 1 saturated carbocycles. The van der Waals surface area contributed by atoms with Crippen LogP contribution in [0, 0.1) is 12.8 Å². The highest BCUT2D eigenvalue weighted by Gasteiger charge is 2.43. The molecule has 1 aromatic carbocycles. The van der Waals surface area contributed by atoms with Gasteiger partial charge in [-0.1, -0.05) is 36.8 Å². The molecule has 0 bridgehead atoms. The maximum atomic E-state index is 3.70. The molecule has 100 valence electrons. The standard InChI is InChI=1S/C17H27N/c1-13-7-6-8-15(9-13)17(10-14(2)11-17)12-18-16(3,4)5/h6-9,14,18H,10-12H2,1-5H3. The summed E-state index contributed by atoms with van der Waals surface area (Å²) in [6, 6.07) is 9.07. The minimum Gasteiger partial charge on any atom is -0.311 e. The molecule has 0 spiro atoms. The zero-order valence-corrected chi connectivity index (χ0v) is 12.5. The second-order valence-corrected chi connectivity index (χ2v) is 7.27. The van der Waals surface area contributed by atoms with Crippen molar-refractivity contribution in [3.63, 3.8) is 0 Å². The fourth-order valence-corrected chi connectivity index (χ4v) is 3.17. The van der Waals surface area contributed by atoms with Crippen molar-refractivity contribution in [1.29, 1.82) is 0 Å². The number of hydrogen-bond donors (Lipinski definition) is 1. The monoisotopic (exact) mass is 245 g/mol. The van der Waals surface area contributed by atoms with E-state index in [4.69, 9.17) is 0 Å². The number of rotatable bonds is 3. The van der Waals surface area contributed by atoms with E-state index in [1.54, 1.807) is 0 Å². The number of hydrogen-bond acceptors (Lipinski definition) is 1. The van der Waals surface area contributed by atoms with Gasteiger partial charge in [0.1, 0.15) is 0 Å². The average Bonchev–Trinajstić information content (AvgIpc) is 2.21. The van der Waals surface area contributed by atoms with Gasteiger partial charge in [0, 0.05) is 17.5 Å². The third-order valence-electron chi connectivity index (χ3n) is 4.07. The van der Waals surface area contributed by atoms with Crippen LogP contribution in [0.3, 0.4) is 0 Å². The molecule has 1 N–H and O–H groups in total. The average molecular weight is 245 g/mol. The van der Waals surface area contributed by atoms with Crippen LogP contribution in [0.2, 0.25) is 0 Å². The maximum absolute atomic E-state index is 3.70. The fraction of sp³-hybridized carbons (Fsp3) is 0.647. The van der Waals surface area contributed by atoms with Gasteiger partial charge in [-0.25, -0.2) is 0 Å². The molecule has 0 unspecified atom stereocenters. The van der Waals surface area contributed by atoms with Crippen LogP contribution in [0.4, 0.5) is 0 Å². The quantitative estimate of drug-likeness (QED) is 0.847. The number of aryl methyl sites for hydroxylation is 1. The van der Waals surface area contributed by atoms with Crippen LogP contribution in [-0.4, -0.2) is 12.1 Å². The summed E-state index contributed by atoms with van der Waals surface area (Å²) in [4.78, 5) is 0. The predicted molar refractivity (Wildman–Crippen MR) is 79.0 cm³/mol. The summed E-state index contributed by atoms with van der Waals surface area (Å²) in [6.07, 6.45) is 2.64. The van der Waals surface area contributed by atoms with Gasteiger partial charge in [-0.15, -0.1) is 0 Å². The van der Waals surface area contributed by atoms with Crippen LogP contribution >= 0.6 is 0 Å². The van der Waals surface area contributed by atoms with Crippen molar-refractivity contribution in [3.05, 3.63) is 35.4 Å². The van der Waals surface area contributed by atoms with Gasteiger partial charge in [0.05, 0.1) is 0 Å². The van der Waals surface area contributed by atoms with Crippen LogP contribution in [0.25, 0.3) is 0 Å². The van der Waals surface area contributed by atoms with E-state index in [9.17, 15) is 0 Å². The number of benzene rings is 1. The van der Waals surface area contributed by atoms with Gasteiger partial charge < -0.3 is 5.32 Å². The molecule has 18 heavy (non-hydrogen) atoms. The Morgan fingerprint density at radius 2 is 1.94 bits per heavy atom. The van der Waals surface area contributed by atoms with E-state index in [1.165, 1.54) is 24.0 Å². The summed E-state index contributed by atoms with van der Waals surface area (Å²) in [5, 5.41) is 3.70. The lowest BCUT2D eigenvalue weighted by molar-refractivity contribution is 0.142. The van der Waals surface area contributed by atoms with Gasteiger partial charge in [-0.05, 0) is 52.0 Å². The minimum atomic E-state index is 0.204. The van der Waals surface area contributed by atoms with E-state index in [1.807, 2.05) is 0 Å². The Morgan fingerprint density at radius 3 is 2.44 bits per heavy atom. The normalized spacial score (nSPS) is 27.9. The van der Waals surface area contributed by atoms with E-state index in [2.05, 4.69) is 64.2 Å². The largest absolute Gasteiger partial charge is 0.311 e. The first-order valence-electron chi connectivity index (χ1n) is 7.13. The first kappa shape index (κ1) is 13.6. The predicted octanol–water partition coefficient (Wildman–Crippen LogP) is 4.05. The van der Waals surface area contributed by atoms with E-state index in [0.717, 1.165) is 12.5 Å². The van der Waals surface area contributed by atoms with Crippen LogP contribution in [0.15, 0.2) is 24.3 Å². The van der Waals surface area contributed by atoms with Gasteiger partial charge >= 0.3 is 0 Å². The highest BCUT2D eigenvalue weighted by molar-refractivity contribution is 5.33. The van der Waals surface area contributed by atoms with Gasteiger partial charge in [0.2, 0.25) is 0 Å². The topological polar surface area (TPSA) is 12.0 Å². The second-order valence-electron chi connectivity index (χ2n) is 7.27. The first-order chi connectivity index (χ1) is 8.31. The Hall–Kier alpha value is -0.820. The van der Waals surface area contributed by atoms with Crippen molar-refractivity contribution < 1.29 is 0 Å². The Kier molecular flexibility index (Phi) is 3.55. The molecule has 1 aliphatic carbocycles. The molecule has 0 atom stereocenters. The SMILES string of the molecule is Cc1cccc(C2(CNC(C)(C)C)CC(C)C2)c1. The van der Waals surface area contributed by atoms with Crippen molar-refractivity contribution in [3.8, 4) is 0 Å². The molecule has 2 rings (SSSR count). The third-order valence-corrected chi connectivity index (χ3v) is 4.07. The van der Waals surface area contributed by atoms with Crippen LogP contribution in [0.1, 0.15) is 51.7 Å². The molecule has 0 heterocycles. The van der Waals surface area contributed by atoms with Gasteiger partial charge in [-0.3, -0.25) is 0 Å². The first-order valence-corrected chi connectivity index (χ1v) is 7.13. The van der Waals surface area contributed by atoms with Crippen molar-refractivity contribution >= 4 is 0 Å². The van der Waals surface area contributed by atoms with E-state index in [-0.39, 0.29) is 5.54 Å². The highest BCUT2D eigenvalue weighted by Crippen LogP contribution is 2.47. The van der Waals surface area contributed by atoms with Gasteiger partial charge in [0.25, 0.3) is 0 Å². The number of nitrogens with one attached hydrogen (secondary N) is 1. The smallest absolute Gasteiger partial charge is 0.00968 e. The van der Waals surface area contributed by atoms with E-state index in [0.29, 0.717) is 5.41 Å². The van der Waals surface area contributed by atoms with Crippen molar-refractivity contribution in [1.82, 2.24) is 5.32 Å². The van der Waals surface area contributed by atoms with Crippen LogP contribution in [0.5, 0.6) is 0 Å². The summed E-state index contributed by atoms with van der Waals surface area (Å²) < 4.78 is 0. The molecule has 1 fully saturated rings. The minimum absolute atomic E-state index is 0.204. The van der Waals surface area contributed by atoms with Crippen LogP contribution < -0.4 is 5.32 Å². The zero-order chi connectivity index (χ0) is 13.4. The molecular weight excluding hydrogens is 218 g/mol. The Bertz CT molecular complexity index is 408. The lowest BCUT2D eigenvalue weighted by Gasteiger charge is -2.48. The molecule has 1 aliphatic rings. The van der Waals surface area contributed by atoms with Crippen molar-refractivity contribution in [2.24, 2.45) is 5.92 Å². The van der Waals surface area contributed by atoms with Gasteiger partial charge in [-0.2, -0.15) is 0 Å². The Balaban J connectivity index is 2.17. The lowest BCUT2D eigenvalue weighted by atomic mass is 9.59. The molecule has 0 saturated heterocycles. The molecular formula is C17H27N. The Morgan fingerprint density at radius 1 is 1.28 bits per heavy atom. The van der Waals surface area contributed by atoms with Gasteiger partial charge in [0.15, 0.2) is 0 Å². The molecule has 1 nitrogen and oxygen atoms in total. The summed E-state index contributed by atoms with van der Waals surface area (Å²) in [5.74, 6) is 0.868. The van der Waals surface area contributed by atoms with E-state index >= 15 is 0 Å². The summed E-state index contributed by atoms with van der Waals surface area (Å²) in [7, 11) is 0. The highest BCUT2D eigenvalue weighted by atomic mass is 15.0. The third kappa shape index (κ3) is 2.95. The maximum Gasteiger partial charge on any atom is 0.00968 e.